The quantitative estimate of drug-likeness (QED) is 0.609. The lowest BCUT2D eigenvalue weighted by molar-refractivity contribution is -0.294. The van der Waals surface area contributed by atoms with E-state index in [1.807, 2.05) is 0 Å². The Hall–Kier alpha value is -2.46. The standard InChI is InChI=1S/C12H7F12NO4/c1-3(25)6-4(26-9(13,14)15)2-5(27-10(16,17)18)7(28-11(19,20)21)8(6)29-12(22,23)24/h2-3H,25H2,1H3. The lowest BCUT2D eigenvalue weighted by atomic mass is 10.0. The van der Waals surface area contributed by atoms with E-state index in [9.17, 15) is 52.7 Å². The van der Waals surface area contributed by atoms with Gasteiger partial charge in [0.05, 0.1) is 5.56 Å². The number of alkyl halides is 12. The molecule has 0 heterocycles. The van der Waals surface area contributed by atoms with Crippen molar-refractivity contribution in [2.75, 3.05) is 0 Å². The minimum absolute atomic E-state index is 0.427. The monoisotopic (exact) mass is 457 g/mol. The molecule has 29 heavy (non-hydrogen) atoms. The second-order valence-corrected chi connectivity index (χ2v) is 4.92. The highest BCUT2D eigenvalue weighted by molar-refractivity contribution is 5.63. The molecule has 1 aromatic carbocycles. The summed E-state index contributed by atoms with van der Waals surface area (Å²) < 4.78 is 163. The average Bonchev–Trinajstić information content (AvgIpc) is 2.35. The summed E-state index contributed by atoms with van der Waals surface area (Å²) in [7, 11) is 0. The molecule has 0 spiro atoms. The van der Waals surface area contributed by atoms with E-state index in [0.29, 0.717) is 6.92 Å². The molecule has 168 valence electrons. The molecule has 0 aliphatic carbocycles. The van der Waals surface area contributed by atoms with Gasteiger partial charge in [-0.25, -0.2) is 0 Å². The van der Waals surface area contributed by atoms with Crippen LogP contribution in [0.5, 0.6) is 23.0 Å². The molecule has 17 heteroatoms. The van der Waals surface area contributed by atoms with E-state index < -0.39 is 66.1 Å². The zero-order valence-corrected chi connectivity index (χ0v) is 13.4. The summed E-state index contributed by atoms with van der Waals surface area (Å²) in [5.74, 6) is -8.77. The van der Waals surface area contributed by atoms with Crippen molar-refractivity contribution < 1.29 is 71.6 Å². The smallest absolute Gasteiger partial charge is 0.405 e. The van der Waals surface area contributed by atoms with Crippen LogP contribution in [0, 0.1) is 0 Å². The molecule has 1 aromatic rings. The summed E-state index contributed by atoms with van der Waals surface area (Å²) in [6.45, 7) is 0.684. The van der Waals surface area contributed by atoms with Crippen LogP contribution < -0.4 is 24.7 Å². The van der Waals surface area contributed by atoms with E-state index in [4.69, 9.17) is 5.73 Å². The zero-order valence-electron chi connectivity index (χ0n) is 13.4. The number of hydrogen-bond donors (Lipinski definition) is 1. The molecule has 0 amide bonds. The molecule has 1 unspecified atom stereocenters. The highest BCUT2D eigenvalue weighted by Crippen LogP contribution is 2.52. The Bertz CT molecular complexity index is 720. The molecule has 0 aromatic heterocycles. The largest absolute Gasteiger partial charge is 0.573 e. The van der Waals surface area contributed by atoms with Gasteiger partial charge in [0.15, 0.2) is 11.5 Å². The van der Waals surface area contributed by atoms with Gasteiger partial charge in [-0.2, -0.15) is 0 Å². The van der Waals surface area contributed by atoms with Crippen LogP contribution in [0.2, 0.25) is 0 Å². The zero-order chi connectivity index (χ0) is 23.0. The Morgan fingerprint density at radius 2 is 0.966 bits per heavy atom. The molecular formula is C12H7F12NO4. The molecule has 1 atom stereocenters. The Morgan fingerprint density at radius 1 is 0.621 bits per heavy atom. The molecular weight excluding hydrogens is 450 g/mol. The van der Waals surface area contributed by atoms with Gasteiger partial charge in [0, 0.05) is 12.1 Å². The van der Waals surface area contributed by atoms with E-state index in [1.165, 1.54) is 0 Å². The van der Waals surface area contributed by atoms with E-state index in [1.54, 1.807) is 0 Å². The van der Waals surface area contributed by atoms with E-state index >= 15 is 0 Å². The first-order valence-electron chi connectivity index (χ1n) is 6.68. The van der Waals surface area contributed by atoms with Gasteiger partial charge in [-0.3, -0.25) is 0 Å². The van der Waals surface area contributed by atoms with Crippen LogP contribution in [0.15, 0.2) is 6.07 Å². The molecule has 1 rings (SSSR count). The Kier molecular flexibility index (Phi) is 6.57. The summed E-state index contributed by atoms with van der Waals surface area (Å²) in [5.41, 5.74) is 3.63. The van der Waals surface area contributed by atoms with Crippen molar-refractivity contribution in [1.82, 2.24) is 0 Å². The highest BCUT2D eigenvalue weighted by atomic mass is 19.4. The fraction of sp³-hybridized carbons (Fsp3) is 0.500. The fourth-order valence-corrected chi connectivity index (χ4v) is 1.88. The second-order valence-electron chi connectivity index (χ2n) is 4.92. The maximum Gasteiger partial charge on any atom is 0.573 e. The summed E-state index contributed by atoms with van der Waals surface area (Å²) >= 11 is 0. The Labute approximate surface area is 151 Å². The van der Waals surface area contributed by atoms with Crippen LogP contribution >= 0.6 is 0 Å². The summed E-state index contributed by atoms with van der Waals surface area (Å²) in [4.78, 5) is 0. The minimum Gasteiger partial charge on any atom is -0.405 e. The third-order valence-corrected chi connectivity index (χ3v) is 2.54. The maximum atomic E-state index is 12.6. The van der Waals surface area contributed by atoms with Crippen LogP contribution in [-0.2, 0) is 0 Å². The Balaban J connectivity index is 3.94. The molecule has 5 nitrogen and oxygen atoms in total. The molecule has 0 bridgehead atoms. The topological polar surface area (TPSA) is 62.9 Å². The van der Waals surface area contributed by atoms with Crippen molar-refractivity contribution in [2.45, 2.75) is 38.4 Å². The molecule has 0 aliphatic heterocycles. The van der Waals surface area contributed by atoms with Crippen LogP contribution in [0.1, 0.15) is 18.5 Å². The lowest BCUT2D eigenvalue weighted by Crippen LogP contribution is -2.26. The maximum absolute atomic E-state index is 12.6. The number of halogens is 12. The minimum atomic E-state index is -5.91. The van der Waals surface area contributed by atoms with Crippen LogP contribution in [0.3, 0.4) is 0 Å². The van der Waals surface area contributed by atoms with Gasteiger partial charge in [0.2, 0.25) is 5.75 Å². The number of ether oxygens (including phenoxy) is 4. The van der Waals surface area contributed by atoms with E-state index in [2.05, 4.69) is 18.9 Å². The Morgan fingerprint density at radius 3 is 1.31 bits per heavy atom. The molecule has 0 saturated carbocycles. The lowest BCUT2D eigenvalue weighted by Gasteiger charge is -2.25. The van der Waals surface area contributed by atoms with Crippen molar-refractivity contribution >= 4 is 0 Å². The van der Waals surface area contributed by atoms with Gasteiger partial charge in [-0.05, 0) is 6.92 Å². The molecule has 0 fully saturated rings. The first kappa shape index (κ1) is 24.6. The van der Waals surface area contributed by atoms with Crippen molar-refractivity contribution in [1.29, 1.82) is 0 Å². The van der Waals surface area contributed by atoms with Gasteiger partial charge >= 0.3 is 25.4 Å². The number of hydrogen-bond acceptors (Lipinski definition) is 5. The van der Waals surface area contributed by atoms with Gasteiger partial charge < -0.3 is 24.7 Å². The van der Waals surface area contributed by atoms with Crippen molar-refractivity contribution in [3.05, 3.63) is 11.6 Å². The molecule has 0 saturated heterocycles. The van der Waals surface area contributed by atoms with Crippen molar-refractivity contribution in [2.24, 2.45) is 5.73 Å². The van der Waals surface area contributed by atoms with Crippen molar-refractivity contribution in [3.63, 3.8) is 0 Å². The number of rotatable bonds is 5. The number of benzene rings is 1. The van der Waals surface area contributed by atoms with Gasteiger partial charge in [0.1, 0.15) is 5.75 Å². The normalized spacial score (nSPS) is 14.4. The highest BCUT2D eigenvalue weighted by Gasteiger charge is 2.44. The van der Waals surface area contributed by atoms with Crippen molar-refractivity contribution in [3.8, 4) is 23.0 Å². The SMILES string of the molecule is CC(N)c1c(OC(F)(F)F)cc(OC(F)(F)F)c(OC(F)(F)F)c1OC(F)(F)F. The third-order valence-electron chi connectivity index (χ3n) is 2.54. The fourth-order valence-electron chi connectivity index (χ4n) is 1.88. The van der Waals surface area contributed by atoms with Crippen LogP contribution in [0.25, 0.3) is 0 Å². The van der Waals surface area contributed by atoms with E-state index in [0.717, 1.165) is 0 Å². The summed E-state index contributed by atoms with van der Waals surface area (Å²) in [6, 6.07) is -2.40. The molecule has 2 N–H and O–H groups in total. The summed E-state index contributed by atoms with van der Waals surface area (Å²) in [5, 5.41) is 0. The van der Waals surface area contributed by atoms with Gasteiger partial charge in [0.25, 0.3) is 0 Å². The third kappa shape index (κ3) is 8.20. The van der Waals surface area contributed by atoms with Gasteiger partial charge in [-0.15, -0.1) is 52.7 Å². The number of nitrogens with two attached hydrogens (primary N) is 1. The van der Waals surface area contributed by atoms with Crippen LogP contribution in [0.4, 0.5) is 52.7 Å². The molecule has 0 radical (unpaired) electrons. The van der Waals surface area contributed by atoms with Crippen LogP contribution in [-0.4, -0.2) is 25.4 Å². The first-order chi connectivity index (χ1) is 12.7. The second kappa shape index (κ2) is 7.75. The predicted molar refractivity (Wildman–Crippen MR) is 65.8 cm³/mol. The first-order valence-corrected chi connectivity index (χ1v) is 6.68. The van der Waals surface area contributed by atoms with Gasteiger partial charge in [-0.1, -0.05) is 0 Å². The summed E-state index contributed by atoms with van der Waals surface area (Å²) in [6.07, 6.45) is -23.3. The predicted octanol–water partition coefficient (Wildman–Crippen LogP) is 5.30. The average molecular weight is 457 g/mol. The van der Waals surface area contributed by atoms with E-state index in [-0.39, 0.29) is 0 Å². The molecule has 0 aliphatic rings.